The lowest BCUT2D eigenvalue weighted by Gasteiger charge is -2.12. The summed E-state index contributed by atoms with van der Waals surface area (Å²) in [4.78, 5) is 36.4. The molecule has 254 valence electrons. The summed E-state index contributed by atoms with van der Waals surface area (Å²) in [6.45, 7) is 13.8. The molecule has 0 aliphatic rings. The van der Waals surface area contributed by atoms with Crippen LogP contribution in [-0.2, 0) is 41.8 Å². The minimum absolute atomic E-state index is 0.0698. The molecule has 0 saturated carbocycles. The van der Waals surface area contributed by atoms with Crippen LogP contribution in [0.1, 0.15) is 46.5 Å². The number of benzene rings is 4. The Kier molecular flexibility index (Phi) is 13.2. The third-order valence-corrected chi connectivity index (χ3v) is 7.72. The predicted octanol–water partition coefficient (Wildman–Crippen LogP) is 7.84. The van der Waals surface area contributed by atoms with Crippen molar-refractivity contribution in [1.29, 1.82) is 0 Å². The maximum absolute atomic E-state index is 13.4. The number of aryl methyl sites for hydroxylation is 1. The third kappa shape index (κ3) is 10.3. The average molecular weight is 663 g/mol. The van der Waals surface area contributed by atoms with Crippen LogP contribution in [-0.4, -0.2) is 51.3 Å². The Balaban J connectivity index is 1.36. The first-order valence-corrected chi connectivity index (χ1v) is 15.9. The summed E-state index contributed by atoms with van der Waals surface area (Å²) < 4.78 is 27.1. The van der Waals surface area contributed by atoms with Crippen molar-refractivity contribution in [3.05, 3.63) is 137 Å². The van der Waals surface area contributed by atoms with Crippen molar-refractivity contribution < 1.29 is 38.1 Å². The van der Waals surface area contributed by atoms with Crippen LogP contribution in [0.2, 0.25) is 0 Å². The number of ketones is 1. The van der Waals surface area contributed by atoms with Crippen molar-refractivity contribution >= 4 is 17.7 Å². The molecule has 49 heavy (non-hydrogen) atoms. The van der Waals surface area contributed by atoms with E-state index in [4.69, 9.17) is 23.7 Å². The zero-order valence-electron chi connectivity index (χ0n) is 28.5. The van der Waals surface area contributed by atoms with Crippen LogP contribution in [0, 0.1) is 6.92 Å². The minimum atomic E-state index is -0.444. The summed E-state index contributed by atoms with van der Waals surface area (Å²) in [5.41, 5.74) is 8.73. The van der Waals surface area contributed by atoms with Crippen LogP contribution in [0.15, 0.2) is 109 Å². The second-order valence-electron chi connectivity index (χ2n) is 11.6. The van der Waals surface area contributed by atoms with Gasteiger partial charge in [0.2, 0.25) is 0 Å². The zero-order valence-corrected chi connectivity index (χ0v) is 28.5. The van der Waals surface area contributed by atoms with Gasteiger partial charge in [-0.25, -0.2) is 9.59 Å². The molecule has 0 aromatic heterocycles. The van der Waals surface area contributed by atoms with Crippen LogP contribution in [0.3, 0.4) is 0 Å². The van der Waals surface area contributed by atoms with Gasteiger partial charge < -0.3 is 23.7 Å². The maximum atomic E-state index is 13.4. The summed E-state index contributed by atoms with van der Waals surface area (Å²) in [6.07, 6.45) is 0. The number of carbonyl (C=O) groups is 3. The van der Waals surface area contributed by atoms with Crippen LogP contribution >= 0.6 is 0 Å². The minimum Gasteiger partial charge on any atom is -0.496 e. The Morgan fingerprint density at radius 1 is 0.571 bits per heavy atom. The largest absolute Gasteiger partial charge is 0.496 e. The van der Waals surface area contributed by atoms with Gasteiger partial charge in [0.1, 0.15) is 19.0 Å². The Labute approximate surface area is 287 Å². The monoisotopic (exact) mass is 662 g/mol. The molecule has 0 aliphatic carbocycles. The van der Waals surface area contributed by atoms with Crippen molar-refractivity contribution in [2.75, 3.05) is 33.5 Å². The predicted molar refractivity (Wildman–Crippen MR) is 189 cm³/mol. The summed E-state index contributed by atoms with van der Waals surface area (Å²) in [7, 11) is 1.60. The quantitative estimate of drug-likeness (QED) is 0.0488. The fourth-order valence-corrected chi connectivity index (χ4v) is 4.87. The molecular weight excluding hydrogens is 620 g/mol. The van der Waals surface area contributed by atoms with Crippen LogP contribution in [0.4, 0.5) is 0 Å². The normalized spacial score (nSPS) is 10.7. The molecule has 8 heteroatoms. The van der Waals surface area contributed by atoms with Crippen molar-refractivity contribution in [1.82, 2.24) is 0 Å². The fourth-order valence-electron chi connectivity index (χ4n) is 4.87. The Morgan fingerprint density at radius 2 is 1.00 bits per heavy atom. The molecule has 0 amide bonds. The summed E-state index contributed by atoms with van der Waals surface area (Å²) >= 11 is 0. The highest BCUT2D eigenvalue weighted by Gasteiger charge is 2.12. The molecule has 4 aromatic rings. The van der Waals surface area contributed by atoms with Crippen LogP contribution < -0.4 is 4.74 Å². The molecular formula is C41H42O8. The number of methoxy groups -OCH3 is 1. The number of rotatable bonds is 17. The van der Waals surface area contributed by atoms with E-state index >= 15 is 0 Å². The van der Waals surface area contributed by atoms with Gasteiger partial charge in [-0.1, -0.05) is 79.9 Å². The van der Waals surface area contributed by atoms with Gasteiger partial charge in [-0.05, 0) is 72.4 Å². The maximum Gasteiger partial charge on any atom is 0.333 e. The van der Waals surface area contributed by atoms with E-state index in [0.29, 0.717) is 34.6 Å². The molecule has 0 fully saturated rings. The van der Waals surface area contributed by atoms with Gasteiger partial charge >= 0.3 is 11.9 Å². The lowest BCUT2D eigenvalue weighted by atomic mass is 9.96. The van der Waals surface area contributed by atoms with E-state index in [9.17, 15) is 14.4 Å². The Bertz CT molecular complexity index is 1800. The van der Waals surface area contributed by atoms with E-state index in [1.807, 2.05) is 85.8 Å². The fraction of sp³-hybridized carbons (Fsp3) is 0.244. The molecule has 0 heterocycles. The lowest BCUT2D eigenvalue weighted by molar-refractivity contribution is -0.141. The number of hydrogen-bond acceptors (Lipinski definition) is 8. The van der Waals surface area contributed by atoms with Gasteiger partial charge in [0.05, 0.1) is 33.5 Å². The van der Waals surface area contributed by atoms with Crippen molar-refractivity contribution in [2.24, 2.45) is 0 Å². The highest BCUT2D eigenvalue weighted by molar-refractivity contribution is 6.09. The van der Waals surface area contributed by atoms with Crippen LogP contribution in [0.5, 0.6) is 5.75 Å². The molecule has 4 rings (SSSR count). The third-order valence-electron chi connectivity index (χ3n) is 7.72. The Hall–Kier alpha value is -5.31. The van der Waals surface area contributed by atoms with Crippen molar-refractivity contribution in [2.45, 2.75) is 34.0 Å². The van der Waals surface area contributed by atoms with Gasteiger partial charge in [-0.2, -0.15) is 0 Å². The van der Waals surface area contributed by atoms with E-state index in [0.717, 1.165) is 38.9 Å². The first kappa shape index (κ1) is 36.5. The second kappa shape index (κ2) is 17.7. The van der Waals surface area contributed by atoms with Crippen molar-refractivity contribution in [3.63, 3.8) is 0 Å². The topological polar surface area (TPSA) is 97.4 Å². The number of esters is 2. The first-order chi connectivity index (χ1) is 23.6. The molecule has 8 nitrogen and oxygen atoms in total. The lowest BCUT2D eigenvalue weighted by Crippen LogP contribution is -2.11. The van der Waals surface area contributed by atoms with E-state index in [-0.39, 0.29) is 38.8 Å². The van der Waals surface area contributed by atoms with Gasteiger partial charge in [0.15, 0.2) is 5.78 Å². The number of carbonyl (C=O) groups excluding carboxylic acids is 3. The summed E-state index contributed by atoms with van der Waals surface area (Å²) in [5, 5.41) is 0. The van der Waals surface area contributed by atoms with Gasteiger partial charge in [0.25, 0.3) is 0 Å². The second-order valence-corrected chi connectivity index (χ2v) is 11.6. The van der Waals surface area contributed by atoms with Crippen LogP contribution in [0.25, 0.3) is 22.3 Å². The van der Waals surface area contributed by atoms with E-state index in [1.54, 1.807) is 21.0 Å². The summed E-state index contributed by atoms with van der Waals surface area (Å²) in [5.74, 6) is -0.253. The zero-order chi connectivity index (χ0) is 35.3. The number of hydrogen-bond donors (Lipinski definition) is 0. The molecule has 0 unspecified atom stereocenters. The molecule has 0 spiro atoms. The van der Waals surface area contributed by atoms with Gasteiger partial charge in [-0.15, -0.1) is 0 Å². The van der Waals surface area contributed by atoms with Gasteiger partial charge in [-0.3, -0.25) is 4.79 Å². The molecule has 0 saturated heterocycles. The smallest absolute Gasteiger partial charge is 0.333 e. The first-order valence-electron chi connectivity index (χ1n) is 15.9. The number of ether oxygens (including phenoxy) is 5. The highest BCUT2D eigenvalue weighted by Crippen LogP contribution is 2.29. The van der Waals surface area contributed by atoms with E-state index in [1.165, 1.54) is 0 Å². The molecule has 0 radical (unpaired) electrons. The average Bonchev–Trinajstić information content (AvgIpc) is 3.11. The van der Waals surface area contributed by atoms with Gasteiger partial charge in [0, 0.05) is 27.8 Å². The standard InChI is InChI=1S/C41H42O8/c1-27(2)40(43)48-21-19-46-25-36-23-34(8-7-29(36)5)30-9-13-32(14-10-30)39(42)33-15-11-31(12-16-33)35-17-18-38(45-6)37(24-35)26-47-20-22-49-41(44)28(3)4/h7-18,23-24H,1,3,19-22,25-26H2,2,4-6H3. The molecule has 4 aromatic carbocycles. The SMILES string of the molecule is C=C(C)C(=O)OCCOCc1cc(-c2ccc(C(=O)c3ccc(-c4ccc(OC)c(COCCOC(=O)C(=C)C)c4)cc3)cc2)ccc1C. The van der Waals surface area contributed by atoms with Crippen molar-refractivity contribution in [3.8, 4) is 28.0 Å². The van der Waals surface area contributed by atoms with E-state index in [2.05, 4.69) is 19.2 Å². The highest BCUT2D eigenvalue weighted by atomic mass is 16.6. The molecule has 0 N–H and O–H groups in total. The Morgan fingerprint density at radius 3 is 1.47 bits per heavy atom. The summed E-state index contributed by atoms with van der Waals surface area (Å²) in [6, 6.07) is 27.0. The molecule has 0 aliphatic heterocycles. The van der Waals surface area contributed by atoms with E-state index < -0.39 is 11.9 Å². The molecule has 0 bridgehead atoms. The molecule has 0 atom stereocenters.